The van der Waals surface area contributed by atoms with Crippen LogP contribution in [0, 0.1) is 12.8 Å². The third-order valence-electron chi connectivity index (χ3n) is 4.25. The van der Waals surface area contributed by atoms with Crippen LogP contribution < -0.4 is 10.2 Å². The van der Waals surface area contributed by atoms with Crippen LogP contribution in [0.2, 0.25) is 0 Å². The van der Waals surface area contributed by atoms with Gasteiger partial charge in [-0.3, -0.25) is 0 Å². The number of anilines is 1. The molecule has 0 bridgehead atoms. The van der Waals surface area contributed by atoms with Crippen LogP contribution >= 0.6 is 0 Å². The van der Waals surface area contributed by atoms with Gasteiger partial charge in [0, 0.05) is 38.4 Å². The number of urea groups is 1. The topological polar surface area (TPSA) is 35.6 Å². The Hall–Kier alpha value is -1.71. The second kappa shape index (κ2) is 7.34. The Morgan fingerprint density at radius 3 is 2.81 bits per heavy atom. The van der Waals surface area contributed by atoms with Crippen molar-refractivity contribution in [1.29, 1.82) is 0 Å². The van der Waals surface area contributed by atoms with Gasteiger partial charge >= 0.3 is 6.03 Å². The van der Waals surface area contributed by atoms with E-state index in [1.807, 2.05) is 18.7 Å². The molecule has 2 amide bonds. The van der Waals surface area contributed by atoms with Gasteiger partial charge in [0.25, 0.3) is 0 Å². The Morgan fingerprint density at radius 1 is 1.38 bits per heavy atom. The SMILES string of the molecule is CCN(CC)C(=O)NCC1CCN(c2cccc(C)c2)C1. The molecule has 4 heteroatoms. The summed E-state index contributed by atoms with van der Waals surface area (Å²) in [5, 5.41) is 3.07. The molecule has 1 aromatic carbocycles. The monoisotopic (exact) mass is 289 g/mol. The molecule has 0 saturated carbocycles. The molecule has 21 heavy (non-hydrogen) atoms. The van der Waals surface area contributed by atoms with Gasteiger partial charge in [0.1, 0.15) is 0 Å². The van der Waals surface area contributed by atoms with E-state index >= 15 is 0 Å². The maximum absolute atomic E-state index is 12.0. The zero-order chi connectivity index (χ0) is 15.2. The van der Waals surface area contributed by atoms with Gasteiger partial charge in [-0.1, -0.05) is 12.1 Å². The van der Waals surface area contributed by atoms with Crippen molar-refractivity contribution in [2.45, 2.75) is 27.2 Å². The molecule has 0 radical (unpaired) electrons. The number of rotatable bonds is 5. The molecular formula is C17H27N3O. The number of aryl methyl sites for hydroxylation is 1. The van der Waals surface area contributed by atoms with Gasteiger partial charge in [-0.2, -0.15) is 0 Å². The van der Waals surface area contributed by atoms with Gasteiger partial charge in [0.05, 0.1) is 0 Å². The number of amides is 2. The minimum absolute atomic E-state index is 0.0639. The third-order valence-corrected chi connectivity index (χ3v) is 4.25. The van der Waals surface area contributed by atoms with Crippen LogP contribution in [0.1, 0.15) is 25.8 Å². The fourth-order valence-electron chi connectivity index (χ4n) is 2.91. The highest BCUT2D eigenvalue weighted by Gasteiger charge is 2.23. The molecule has 1 N–H and O–H groups in total. The minimum atomic E-state index is 0.0639. The Bertz CT molecular complexity index is 471. The van der Waals surface area contributed by atoms with Crippen LogP contribution in [0.25, 0.3) is 0 Å². The minimum Gasteiger partial charge on any atom is -0.371 e. The number of hydrogen-bond donors (Lipinski definition) is 1. The smallest absolute Gasteiger partial charge is 0.317 e. The van der Waals surface area contributed by atoms with E-state index in [9.17, 15) is 4.79 Å². The first-order valence-corrected chi connectivity index (χ1v) is 7.98. The van der Waals surface area contributed by atoms with Crippen molar-refractivity contribution in [2.75, 3.05) is 37.6 Å². The number of nitrogens with one attached hydrogen (secondary N) is 1. The summed E-state index contributed by atoms with van der Waals surface area (Å²) < 4.78 is 0. The normalized spacial score (nSPS) is 17.9. The predicted octanol–water partition coefficient (Wildman–Crippen LogP) is 2.87. The van der Waals surface area contributed by atoms with Crippen molar-refractivity contribution in [2.24, 2.45) is 5.92 Å². The Balaban J connectivity index is 1.82. The van der Waals surface area contributed by atoms with E-state index in [1.54, 1.807) is 0 Å². The molecule has 1 aromatic rings. The van der Waals surface area contributed by atoms with Crippen molar-refractivity contribution in [1.82, 2.24) is 10.2 Å². The Labute approximate surface area is 128 Å². The van der Waals surface area contributed by atoms with Crippen molar-refractivity contribution in [3.8, 4) is 0 Å². The molecule has 0 aromatic heterocycles. The maximum Gasteiger partial charge on any atom is 0.317 e. The van der Waals surface area contributed by atoms with Crippen LogP contribution in [-0.4, -0.2) is 43.7 Å². The van der Waals surface area contributed by atoms with Gasteiger partial charge in [0.15, 0.2) is 0 Å². The Kier molecular flexibility index (Phi) is 5.48. The number of carbonyl (C=O) groups is 1. The summed E-state index contributed by atoms with van der Waals surface area (Å²) in [4.78, 5) is 16.2. The summed E-state index contributed by atoms with van der Waals surface area (Å²) in [5.74, 6) is 0.546. The maximum atomic E-state index is 12.0. The fraction of sp³-hybridized carbons (Fsp3) is 0.588. The van der Waals surface area contributed by atoms with E-state index in [1.165, 1.54) is 11.3 Å². The highest BCUT2D eigenvalue weighted by Crippen LogP contribution is 2.24. The van der Waals surface area contributed by atoms with Crippen LogP contribution in [0.3, 0.4) is 0 Å². The van der Waals surface area contributed by atoms with E-state index in [0.717, 1.165) is 39.1 Å². The number of hydrogen-bond acceptors (Lipinski definition) is 2. The van der Waals surface area contributed by atoms with Crippen molar-refractivity contribution < 1.29 is 4.79 Å². The van der Waals surface area contributed by atoms with Crippen LogP contribution in [0.15, 0.2) is 24.3 Å². The van der Waals surface area contributed by atoms with Gasteiger partial charge in [-0.25, -0.2) is 4.79 Å². The molecule has 1 unspecified atom stereocenters. The molecule has 4 nitrogen and oxygen atoms in total. The lowest BCUT2D eigenvalue weighted by atomic mass is 10.1. The largest absolute Gasteiger partial charge is 0.371 e. The third kappa shape index (κ3) is 4.13. The molecule has 0 aliphatic carbocycles. The van der Waals surface area contributed by atoms with Gasteiger partial charge in [-0.15, -0.1) is 0 Å². The summed E-state index contributed by atoms with van der Waals surface area (Å²) in [6, 6.07) is 8.70. The summed E-state index contributed by atoms with van der Waals surface area (Å²) >= 11 is 0. The summed E-state index contributed by atoms with van der Waals surface area (Å²) in [6.07, 6.45) is 1.15. The molecule has 116 valence electrons. The predicted molar refractivity (Wildman–Crippen MR) is 87.8 cm³/mol. The molecule has 1 aliphatic rings. The quantitative estimate of drug-likeness (QED) is 0.904. The van der Waals surface area contributed by atoms with E-state index in [4.69, 9.17) is 0 Å². The first kappa shape index (κ1) is 15.7. The molecule has 1 saturated heterocycles. The summed E-state index contributed by atoms with van der Waals surface area (Å²) in [7, 11) is 0. The van der Waals surface area contributed by atoms with Crippen LogP contribution in [-0.2, 0) is 0 Å². The van der Waals surface area contributed by atoms with E-state index in [-0.39, 0.29) is 6.03 Å². The van der Waals surface area contributed by atoms with Gasteiger partial charge < -0.3 is 15.1 Å². The molecular weight excluding hydrogens is 262 g/mol. The fourth-order valence-corrected chi connectivity index (χ4v) is 2.91. The summed E-state index contributed by atoms with van der Waals surface area (Å²) in [5.41, 5.74) is 2.60. The lowest BCUT2D eigenvalue weighted by molar-refractivity contribution is 0.201. The van der Waals surface area contributed by atoms with Gasteiger partial charge in [-0.05, 0) is 50.8 Å². The summed E-state index contributed by atoms with van der Waals surface area (Å²) in [6.45, 7) is 10.6. The number of carbonyl (C=O) groups excluding carboxylic acids is 1. The number of benzene rings is 1. The molecule has 1 heterocycles. The highest BCUT2D eigenvalue weighted by atomic mass is 16.2. The van der Waals surface area contributed by atoms with E-state index in [0.29, 0.717) is 5.92 Å². The van der Waals surface area contributed by atoms with E-state index < -0.39 is 0 Å². The molecule has 1 atom stereocenters. The zero-order valence-electron chi connectivity index (χ0n) is 13.4. The van der Waals surface area contributed by atoms with E-state index in [2.05, 4.69) is 41.4 Å². The first-order chi connectivity index (χ1) is 10.1. The number of nitrogens with zero attached hydrogens (tertiary/aromatic N) is 2. The molecule has 0 spiro atoms. The lowest BCUT2D eigenvalue weighted by Crippen LogP contribution is -2.42. The molecule has 1 aliphatic heterocycles. The Morgan fingerprint density at radius 2 is 2.14 bits per heavy atom. The zero-order valence-corrected chi connectivity index (χ0v) is 13.4. The molecule has 1 fully saturated rings. The van der Waals surface area contributed by atoms with Crippen LogP contribution in [0.5, 0.6) is 0 Å². The van der Waals surface area contributed by atoms with Crippen LogP contribution in [0.4, 0.5) is 10.5 Å². The van der Waals surface area contributed by atoms with Crippen molar-refractivity contribution >= 4 is 11.7 Å². The average Bonchev–Trinajstić information content (AvgIpc) is 2.95. The second-order valence-electron chi connectivity index (χ2n) is 5.80. The first-order valence-electron chi connectivity index (χ1n) is 7.98. The lowest BCUT2D eigenvalue weighted by Gasteiger charge is -2.22. The standard InChI is InChI=1S/C17H27N3O/c1-4-19(5-2)17(21)18-12-15-9-10-20(13-15)16-8-6-7-14(3)11-16/h6-8,11,15H,4-5,9-10,12-13H2,1-3H3,(H,18,21). The second-order valence-corrected chi connectivity index (χ2v) is 5.80. The van der Waals surface area contributed by atoms with Crippen molar-refractivity contribution in [3.05, 3.63) is 29.8 Å². The van der Waals surface area contributed by atoms with Crippen molar-refractivity contribution in [3.63, 3.8) is 0 Å². The molecule has 2 rings (SSSR count). The highest BCUT2D eigenvalue weighted by molar-refractivity contribution is 5.74. The van der Waals surface area contributed by atoms with Gasteiger partial charge in [0.2, 0.25) is 0 Å². The average molecular weight is 289 g/mol.